The number of hydrogen-bond acceptors (Lipinski definition) is 6. The fourth-order valence-electron chi connectivity index (χ4n) is 0. The molecule has 0 heterocycles. The Bertz CT molecular complexity index is 70.8. The second-order valence-corrected chi connectivity index (χ2v) is 1.11. The van der Waals surface area contributed by atoms with E-state index in [0.717, 1.165) is 0 Å². The molecule has 0 aliphatic rings. The van der Waals surface area contributed by atoms with Crippen LogP contribution in [-0.2, 0) is 51.2 Å². The average molecular weight is 288 g/mol. The molecule has 11 heavy (non-hydrogen) atoms. The van der Waals surface area contributed by atoms with Crippen LogP contribution in [0.4, 0.5) is 0 Å². The zero-order chi connectivity index (χ0) is 7.00. The van der Waals surface area contributed by atoms with Crippen LogP contribution in [0.1, 0.15) is 0 Å². The van der Waals surface area contributed by atoms with Crippen LogP contribution in [0, 0.1) is 0 Å². The zero-order valence-corrected chi connectivity index (χ0v) is 7.82. The molecule has 6 nitrogen and oxygen atoms in total. The van der Waals surface area contributed by atoms with Gasteiger partial charge in [0, 0.05) is 0 Å². The summed E-state index contributed by atoms with van der Waals surface area (Å²) in [5, 5.41) is 54.5. The van der Waals surface area contributed by atoms with Crippen molar-refractivity contribution in [3.05, 3.63) is 0 Å². The Labute approximate surface area is 93.7 Å². The largest absolute Gasteiger partial charge is 2.00 e. The molecule has 0 aromatic rings. The summed E-state index contributed by atoms with van der Waals surface area (Å²) in [5.41, 5.74) is 0. The molecule has 0 amide bonds. The van der Waals surface area contributed by atoms with Crippen LogP contribution in [0.25, 0.3) is 0 Å². The Morgan fingerprint density at radius 1 is 0.455 bits per heavy atom. The molecule has 0 rings (SSSR count). The monoisotopic (exact) mass is 288 g/mol. The maximum Gasteiger partial charge on any atom is 2.00 e. The zero-order valence-electron chi connectivity index (χ0n) is 4.51. The van der Waals surface area contributed by atoms with Crippen molar-refractivity contribution in [1.29, 1.82) is 0 Å². The Hall–Kier alpha value is 1.32. The van der Waals surface area contributed by atoms with Crippen LogP contribution in [0.3, 0.4) is 0 Å². The molecule has 0 aliphatic heterocycles. The van der Waals surface area contributed by atoms with E-state index in [1.807, 2.05) is 0 Å². The normalized spacial score (nSPS) is 10.4. The Morgan fingerprint density at radius 2 is 0.545 bits per heavy atom. The molecule has 0 fully saturated rings. The quantitative estimate of drug-likeness (QED) is 0.347. The first kappa shape index (κ1) is 22.8. The minimum Gasteiger partial charge on any atom is -0.879 e. The van der Waals surface area contributed by atoms with Crippen LogP contribution in [0.15, 0.2) is 0 Å². The van der Waals surface area contributed by atoms with E-state index in [1.54, 1.807) is 0 Å². The van der Waals surface area contributed by atoms with Gasteiger partial charge in [-0.1, -0.05) is 0 Å². The first-order chi connectivity index (χ1) is 3.25. The molecule has 0 radical (unpaired) electrons. The minimum absolute atomic E-state index is 0. The van der Waals surface area contributed by atoms with Crippen LogP contribution in [-0.4, -0.2) is 11.9 Å². The number of hydrogen-bond donors (Lipinski definition) is 0. The van der Waals surface area contributed by atoms with Gasteiger partial charge in [0.2, 0.25) is 0 Å². The van der Waals surface area contributed by atoms with Gasteiger partial charge in [0.15, 0.2) is 0 Å². The maximum atomic E-state index is 9.08. The predicted octanol–water partition coefficient (Wildman–Crippen LogP) is -7.55. The summed E-state index contributed by atoms with van der Waals surface area (Å²) in [6.07, 6.45) is 0. The summed E-state index contributed by atoms with van der Waals surface area (Å²) in [6.45, 7) is 0. The van der Waals surface area contributed by atoms with Gasteiger partial charge >= 0.3 is 51.2 Å². The van der Waals surface area contributed by atoms with Gasteiger partial charge in [-0.15, -0.1) is 0 Å². The van der Waals surface area contributed by atoms with Crippen molar-refractivity contribution in [1.82, 2.24) is 0 Å². The second-order valence-electron chi connectivity index (χ2n) is 1.11. The second kappa shape index (κ2) is 6.79. The van der Waals surface area contributed by atoms with Gasteiger partial charge in [0.05, 0.1) is 0 Å². The van der Waals surface area contributed by atoms with E-state index in [2.05, 4.69) is 0 Å². The van der Waals surface area contributed by atoms with Gasteiger partial charge in [-0.05, 0) is 0 Å². The summed E-state index contributed by atoms with van der Waals surface area (Å²) in [4.78, 5) is 0. The fourth-order valence-corrected chi connectivity index (χ4v) is 0. The van der Waals surface area contributed by atoms with E-state index in [1.165, 1.54) is 0 Å². The van der Waals surface area contributed by atoms with Gasteiger partial charge in [-0.3, -0.25) is 0 Å². The van der Waals surface area contributed by atoms with Crippen LogP contribution >= 0.6 is 0 Å². The third-order valence-electron chi connectivity index (χ3n) is 0.375. The minimum atomic E-state index is -4.98. The van der Waals surface area contributed by atoms with Crippen molar-refractivity contribution in [2.45, 2.75) is 11.9 Å². The van der Waals surface area contributed by atoms with Gasteiger partial charge in [-0.2, -0.15) is 0 Å². The predicted molar refractivity (Wildman–Crippen MR) is 5.46 cm³/mol. The van der Waals surface area contributed by atoms with Crippen molar-refractivity contribution in [2.24, 2.45) is 0 Å². The molecule has 0 aromatic heterocycles. The molecular weight excluding hydrogens is 288 g/mol. The summed E-state index contributed by atoms with van der Waals surface area (Å²) < 4.78 is 0. The van der Waals surface area contributed by atoms with Gasteiger partial charge in [0.25, 0.3) is 0 Å². The van der Waals surface area contributed by atoms with Crippen LogP contribution < -0.4 is 30.6 Å². The number of rotatable bonds is 1. The molecular formula is C2Fe3O6. The van der Waals surface area contributed by atoms with E-state index >= 15 is 0 Å². The molecule has 9 heteroatoms. The average Bonchev–Trinajstić information content (AvgIpc) is 1.25. The first-order valence-electron chi connectivity index (χ1n) is 1.47. The van der Waals surface area contributed by atoms with Crippen molar-refractivity contribution < 1.29 is 81.8 Å². The molecule has 0 aromatic carbocycles. The van der Waals surface area contributed by atoms with Gasteiger partial charge < -0.3 is 42.6 Å². The van der Waals surface area contributed by atoms with E-state index in [4.69, 9.17) is 30.6 Å². The molecule has 0 spiro atoms. The maximum absolute atomic E-state index is 9.08. The smallest absolute Gasteiger partial charge is 0.879 e. The standard InChI is InChI=1S/C2O6.3Fe/c3-1(4,5)2(6,7)8;;;/q-6;3*+2. The van der Waals surface area contributed by atoms with Gasteiger partial charge in [0.1, 0.15) is 0 Å². The molecule has 0 unspecified atom stereocenters. The summed E-state index contributed by atoms with van der Waals surface area (Å²) in [6, 6.07) is 0. The molecule has 0 bridgehead atoms. The van der Waals surface area contributed by atoms with Crippen LogP contribution in [0.2, 0.25) is 0 Å². The van der Waals surface area contributed by atoms with Crippen molar-refractivity contribution in [3.63, 3.8) is 0 Å². The molecule has 0 N–H and O–H groups in total. The molecule has 0 saturated heterocycles. The third kappa shape index (κ3) is 9.23. The Kier molecular flexibility index (Phi) is 14.1. The molecule has 0 aliphatic carbocycles. The molecule has 68 valence electrons. The SMILES string of the molecule is [Fe+2].[Fe+2].[Fe+2].[O-]C([O-])([O-])C([O-])([O-])[O-]. The van der Waals surface area contributed by atoms with Crippen molar-refractivity contribution in [2.75, 3.05) is 0 Å². The third-order valence-corrected chi connectivity index (χ3v) is 0.375. The fraction of sp³-hybridized carbons (Fsp3) is 1.00. The molecule has 0 atom stereocenters. The Balaban J connectivity index is -0.0000000817. The van der Waals surface area contributed by atoms with E-state index in [0.29, 0.717) is 0 Å². The van der Waals surface area contributed by atoms with Crippen molar-refractivity contribution >= 4 is 0 Å². The van der Waals surface area contributed by atoms with E-state index < -0.39 is 11.9 Å². The van der Waals surface area contributed by atoms with Crippen LogP contribution in [0.5, 0.6) is 0 Å². The summed E-state index contributed by atoms with van der Waals surface area (Å²) >= 11 is 0. The summed E-state index contributed by atoms with van der Waals surface area (Å²) in [7, 11) is 0. The van der Waals surface area contributed by atoms with Crippen molar-refractivity contribution in [3.8, 4) is 0 Å². The summed E-state index contributed by atoms with van der Waals surface area (Å²) in [5.74, 6) is -9.96. The van der Waals surface area contributed by atoms with Gasteiger partial charge in [-0.25, -0.2) is 0 Å². The molecule has 0 saturated carbocycles. The topological polar surface area (TPSA) is 138 Å². The van der Waals surface area contributed by atoms with E-state index in [-0.39, 0.29) is 51.2 Å². The first-order valence-corrected chi connectivity index (χ1v) is 1.47. The Morgan fingerprint density at radius 3 is 0.545 bits per heavy atom. The van der Waals surface area contributed by atoms with E-state index in [9.17, 15) is 0 Å².